The van der Waals surface area contributed by atoms with Crippen molar-refractivity contribution in [2.75, 3.05) is 18.1 Å². The van der Waals surface area contributed by atoms with Crippen LogP contribution < -0.4 is 19.5 Å². The average Bonchev–Trinajstić information content (AvgIpc) is 2.84. The zero-order valence-corrected chi connectivity index (χ0v) is 20.9. The highest BCUT2D eigenvalue weighted by molar-refractivity contribution is 7.89. The highest BCUT2D eigenvalue weighted by atomic mass is 35.5. The predicted molar refractivity (Wildman–Crippen MR) is 134 cm³/mol. The van der Waals surface area contributed by atoms with Crippen molar-refractivity contribution < 1.29 is 22.7 Å². The largest absolute Gasteiger partial charge is 0.485 e. The van der Waals surface area contributed by atoms with E-state index in [4.69, 9.17) is 37.8 Å². The number of amides is 1. The molecule has 35 heavy (non-hydrogen) atoms. The molecule has 182 valence electrons. The topological polar surface area (TPSA) is 98.9 Å². The third-order valence-corrected chi connectivity index (χ3v) is 7.79. The number of ether oxygens (including phenoxy) is 2. The minimum atomic E-state index is -3.84. The normalized spacial score (nSPS) is 17.1. The summed E-state index contributed by atoms with van der Waals surface area (Å²) < 4.78 is 35.1. The van der Waals surface area contributed by atoms with Crippen LogP contribution in [0, 0.1) is 0 Å². The number of nitrogens with two attached hydrogens (primary N) is 1. The zero-order valence-electron chi connectivity index (χ0n) is 18.5. The maximum absolute atomic E-state index is 13.2. The molecule has 5 rings (SSSR count). The number of anilines is 1. The molecule has 2 N–H and O–H groups in total. The number of benzene rings is 3. The number of rotatable bonds is 4. The summed E-state index contributed by atoms with van der Waals surface area (Å²) in [7, 11) is -3.84. The highest BCUT2D eigenvalue weighted by Crippen LogP contribution is 2.39. The van der Waals surface area contributed by atoms with Gasteiger partial charge in [-0.2, -0.15) is 0 Å². The van der Waals surface area contributed by atoms with E-state index in [-0.39, 0.29) is 23.8 Å². The van der Waals surface area contributed by atoms with Crippen LogP contribution in [0.5, 0.6) is 11.5 Å². The quantitative estimate of drug-likeness (QED) is 0.526. The first kappa shape index (κ1) is 23.9. The number of aryl methyl sites for hydroxylation is 1. The van der Waals surface area contributed by atoms with Gasteiger partial charge < -0.3 is 14.4 Å². The Labute approximate surface area is 213 Å². The molecule has 7 nitrogen and oxygen atoms in total. The van der Waals surface area contributed by atoms with Crippen LogP contribution in [0.25, 0.3) is 0 Å². The van der Waals surface area contributed by atoms with E-state index in [2.05, 4.69) is 0 Å². The smallest absolute Gasteiger partial charge is 0.238 e. The summed E-state index contributed by atoms with van der Waals surface area (Å²) in [5, 5.41) is 6.08. The molecule has 0 fully saturated rings. The molecule has 2 heterocycles. The van der Waals surface area contributed by atoms with Crippen LogP contribution >= 0.6 is 23.2 Å². The SMILES string of the molecule is NS(=O)(=O)c1ccc2c(c1)OCC(c1ccc3c(c1)N(C(=O)Cc1ccc(Cl)c(Cl)c1)CCC3)O2. The summed E-state index contributed by atoms with van der Waals surface area (Å²) in [6, 6.07) is 15.5. The van der Waals surface area contributed by atoms with Gasteiger partial charge in [-0.05, 0) is 59.9 Å². The van der Waals surface area contributed by atoms with Gasteiger partial charge in [0.2, 0.25) is 15.9 Å². The molecular weight excluding hydrogens is 511 g/mol. The van der Waals surface area contributed by atoms with Gasteiger partial charge in [-0.25, -0.2) is 13.6 Å². The van der Waals surface area contributed by atoms with Gasteiger partial charge in [-0.15, -0.1) is 0 Å². The number of carbonyl (C=O) groups excluding carboxylic acids is 1. The average molecular weight is 533 g/mol. The Morgan fingerprint density at radius 3 is 2.63 bits per heavy atom. The van der Waals surface area contributed by atoms with Crippen molar-refractivity contribution in [3.05, 3.63) is 81.3 Å². The Morgan fingerprint density at radius 2 is 1.86 bits per heavy atom. The fourth-order valence-corrected chi connectivity index (χ4v) is 5.21. The van der Waals surface area contributed by atoms with E-state index in [9.17, 15) is 13.2 Å². The van der Waals surface area contributed by atoms with Gasteiger partial charge in [0, 0.05) is 18.3 Å². The summed E-state index contributed by atoms with van der Waals surface area (Å²) in [6.07, 6.45) is 1.56. The lowest BCUT2D eigenvalue weighted by molar-refractivity contribution is -0.118. The molecule has 2 aliphatic heterocycles. The lowest BCUT2D eigenvalue weighted by Gasteiger charge is -2.32. The van der Waals surface area contributed by atoms with Gasteiger partial charge in [0.15, 0.2) is 17.6 Å². The second-order valence-electron chi connectivity index (χ2n) is 8.53. The molecule has 0 aromatic heterocycles. The fourth-order valence-electron chi connectivity index (χ4n) is 4.36. The molecule has 1 amide bonds. The predicted octanol–water partition coefficient (Wildman–Crippen LogP) is 4.68. The number of nitrogens with zero attached hydrogens (tertiary/aromatic N) is 1. The van der Waals surface area contributed by atoms with Gasteiger partial charge in [0.25, 0.3) is 0 Å². The first-order valence-electron chi connectivity index (χ1n) is 11.0. The van der Waals surface area contributed by atoms with Crippen LogP contribution in [0.1, 0.15) is 29.2 Å². The number of sulfonamides is 1. The Bertz CT molecular complexity index is 1430. The van der Waals surface area contributed by atoms with Crippen molar-refractivity contribution in [2.45, 2.75) is 30.3 Å². The van der Waals surface area contributed by atoms with E-state index in [1.165, 1.54) is 18.2 Å². The Hall–Kier alpha value is -2.78. The molecule has 0 radical (unpaired) electrons. The Morgan fingerprint density at radius 1 is 1.03 bits per heavy atom. The van der Waals surface area contributed by atoms with Crippen molar-refractivity contribution in [1.29, 1.82) is 0 Å². The van der Waals surface area contributed by atoms with Gasteiger partial charge in [0.05, 0.1) is 21.4 Å². The number of halogens is 2. The Balaban J connectivity index is 1.38. The molecule has 2 aliphatic rings. The zero-order chi connectivity index (χ0) is 24.7. The summed E-state index contributed by atoms with van der Waals surface area (Å²) in [4.78, 5) is 15.0. The maximum atomic E-state index is 13.2. The van der Waals surface area contributed by atoms with Crippen molar-refractivity contribution in [1.82, 2.24) is 0 Å². The first-order chi connectivity index (χ1) is 16.7. The summed E-state index contributed by atoms with van der Waals surface area (Å²) in [5.41, 5.74) is 3.61. The molecule has 0 aliphatic carbocycles. The molecule has 10 heteroatoms. The van der Waals surface area contributed by atoms with Crippen molar-refractivity contribution in [2.24, 2.45) is 5.14 Å². The van der Waals surface area contributed by atoms with E-state index >= 15 is 0 Å². The van der Waals surface area contributed by atoms with Gasteiger partial charge in [-0.3, -0.25) is 4.79 Å². The van der Waals surface area contributed by atoms with E-state index in [1.54, 1.807) is 23.1 Å². The molecule has 1 atom stereocenters. The second kappa shape index (κ2) is 9.35. The van der Waals surface area contributed by atoms with Gasteiger partial charge >= 0.3 is 0 Å². The van der Waals surface area contributed by atoms with Crippen LogP contribution in [0.4, 0.5) is 5.69 Å². The summed E-state index contributed by atoms with van der Waals surface area (Å²) in [5.74, 6) is 0.728. The van der Waals surface area contributed by atoms with Crippen LogP contribution in [-0.4, -0.2) is 27.5 Å². The molecule has 0 saturated heterocycles. The number of hydrogen-bond donors (Lipinski definition) is 1. The number of carbonyl (C=O) groups is 1. The van der Waals surface area contributed by atoms with Crippen molar-refractivity contribution in [3.63, 3.8) is 0 Å². The maximum Gasteiger partial charge on any atom is 0.238 e. The van der Waals surface area contributed by atoms with E-state index in [0.717, 1.165) is 35.2 Å². The van der Waals surface area contributed by atoms with Crippen LogP contribution in [-0.2, 0) is 27.7 Å². The molecule has 3 aromatic carbocycles. The summed E-state index contributed by atoms with van der Waals surface area (Å²) in [6.45, 7) is 0.814. The molecular formula is C25H22Cl2N2O5S. The Kier molecular flexibility index (Phi) is 6.40. The molecule has 0 spiro atoms. The highest BCUT2D eigenvalue weighted by Gasteiger charge is 2.28. The monoisotopic (exact) mass is 532 g/mol. The number of hydrogen-bond acceptors (Lipinski definition) is 5. The minimum absolute atomic E-state index is 0.0248. The van der Waals surface area contributed by atoms with Crippen LogP contribution in [0.3, 0.4) is 0 Å². The van der Waals surface area contributed by atoms with Crippen LogP contribution in [0.15, 0.2) is 59.5 Å². The molecule has 3 aromatic rings. The minimum Gasteiger partial charge on any atom is -0.485 e. The first-order valence-corrected chi connectivity index (χ1v) is 13.3. The number of primary sulfonamides is 1. The third kappa shape index (κ3) is 4.97. The molecule has 0 saturated carbocycles. The third-order valence-electron chi connectivity index (χ3n) is 6.14. The lowest BCUT2D eigenvalue weighted by atomic mass is 9.97. The summed E-state index contributed by atoms with van der Waals surface area (Å²) >= 11 is 12.1. The standard InChI is InChI=1S/C25H22Cl2N2O5S/c26-19-7-3-15(10-20(19)27)11-25(30)29-9-1-2-16-4-5-17(12-21(16)29)24-14-33-23-13-18(35(28,31)32)6-8-22(23)34-24/h3-8,10,12-13,24H,1-2,9,11,14H2,(H2,28,31,32). The van der Waals surface area contributed by atoms with Gasteiger partial charge in [-0.1, -0.05) is 41.4 Å². The van der Waals surface area contributed by atoms with E-state index in [1.807, 2.05) is 18.2 Å². The second-order valence-corrected chi connectivity index (χ2v) is 10.9. The number of fused-ring (bicyclic) bond motifs is 2. The van der Waals surface area contributed by atoms with E-state index in [0.29, 0.717) is 28.1 Å². The molecule has 0 bridgehead atoms. The van der Waals surface area contributed by atoms with E-state index < -0.39 is 16.1 Å². The van der Waals surface area contributed by atoms with Crippen LogP contribution in [0.2, 0.25) is 10.0 Å². The molecule has 1 unspecified atom stereocenters. The van der Waals surface area contributed by atoms with Crippen molar-refractivity contribution in [3.8, 4) is 11.5 Å². The van der Waals surface area contributed by atoms with Crippen molar-refractivity contribution >= 4 is 44.8 Å². The lowest BCUT2D eigenvalue weighted by Crippen LogP contribution is -2.36. The fraction of sp³-hybridized carbons (Fsp3) is 0.240. The van der Waals surface area contributed by atoms with Gasteiger partial charge in [0.1, 0.15) is 6.61 Å².